The number of ether oxygens (including phenoxy) is 1. The Hall–Kier alpha value is -3.42. The minimum Gasteiger partial charge on any atom is -0.504 e. The molecule has 0 aliphatic heterocycles. The SMILES string of the molecule is COc1ccccc1C(=O)NNC(=O)c1cc(O)c(O)c(O)c1. The summed E-state index contributed by atoms with van der Waals surface area (Å²) in [5, 5.41) is 27.9. The average molecular weight is 318 g/mol. The molecule has 0 heterocycles. The number of amides is 2. The molecule has 5 N–H and O–H groups in total. The van der Waals surface area contributed by atoms with Gasteiger partial charge in [-0.1, -0.05) is 12.1 Å². The number of hydrazine groups is 1. The molecule has 0 radical (unpaired) electrons. The number of rotatable bonds is 3. The number of carbonyl (C=O) groups is 2. The van der Waals surface area contributed by atoms with Crippen LogP contribution in [0.25, 0.3) is 0 Å². The second-order valence-electron chi connectivity index (χ2n) is 4.47. The van der Waals surface area contributed by atoms with E-state index in [4.69, 9.17) is 4.74 Å². The van der Waals surface area contributed by atoms with E-state index < -0.39 is 29.1 Å². The first-order valence-electron chi connectivity index (χ1n) is 6.42. The lowest BCUT2D eigenvalue weighted by atomic mass is 10.1. The van der Waals surface area contributed by atoms with E-state index in [1.165, 1.54) is 13.2 Å². The normalized spacial score (nSPS) is 9.96. The van der Waals surface area contributed by atoms with Gasteiger partial charge in [0.05, 0.1) is 12.7 Å². The summed E-state index contributed by atoms with van der Waals surface area (Å²) in [5.74, 6) is -3.13. The quantitative estimate of drug-likeness (QED) is 0.422. The van der Waals surface area contributed by atoms with Gasteiger partial charge in [0.15, 0.2) is 17.2 Å². The number of nitrogens with one attached hydrogen (secondary N) is 2. The van der Waals surface area contributed by atoms with E-state index in [2.05, 4.69) is 10.9 Å². The van der Waals surface area contributed by atoms with Crippen LogP contribution >= 0.6 is 0 Å². The average Bonchev–Trinajstić information content (AvgIpc) is 2.56. The molecule has 0 saturated carbocycles. The number of phenols is 3. The highest BCUT2D eigenvalue weighted by Gasteiger charge is 2.16. The van der Waals surface area contributed by atoms with E-state index >= 15 is 0 Å². The van der Waals surface area contributed by atoms with Gasteiger partial charge in [-0.2, -0.15) is 0 Å². The van der Waals surface area contributed by atoms with Gasteiger partial charge in [-0.15, -0.1) is 0 Å². The highest BCUT2D eigenvalue weighted by atomic mass is 16.5. The Morgan fingerprint density at radius 1 is 0.957 bits per heavy atom. The molecule has 2 amide bonds. The Morgan fingerprint density at radius 2 is 1.52 bits per heavy atom. The Labute approximate surface area is 130 Å². The van der Waals surface area contributed by atoms with Gasteiger partial charge in [-0.3, -0.25) is 20.4 Å². The summed E-state index contributed by atoms with van der Waals surface area (Å²) < 4.78 is 5.04. The summed E-state index contributed by atoms with van der Waals surface area (Å²) in [6.07, 6.45) is 0. The molecule has 0 saturated heterocycles. The maximum atomic E-state index is 12.0. The van der Waals surface area contributed by atoms with Crippen molar-refractivity contribution < 1.29 is 29.6 Å². The summed E-state index contributed by atoms with van der Waals surface area (Å²) >= 11 is 0. The number of aromatic hydroxyl groups is 3. The van der Waals surface area contributed by atoms with Crippen LogP contribution in [0.15, 0.2) is 36.4 Å². The Kier molecular flexibility index (Phi) is 4.55. The minimum absolute atomic E-state index is 0.155. The van der Waals surface area contributed by atoms with E-state index in [1.54, 1.807) is 18.2 Å². The van der Waals surface area contributed by atoms with Crippen LogP contribution in [0.2, 0.25) is 0 Å². The van der Waals surface area contributed by atoms with E-state index in [0.29, 0.717) is 5.75 Å². The molecule has 0 fully saturated rings. The van der Waals surface area contributed by atoms with Crippen LogP contribution in [-0.4, -0.2) is 34.2 Å². The fourth-order valence-corrected chi connectivity index (χ4v) is 1.82. The molecule has 2 aromatic rings. The molecule has 0 aliphatic rings. The van der Waals surface area contributed by atoms with Crippen molar-refractivity contribution in [3.63, 3.8) is 0 Å². The molecule has 8 heteroatoms. The lowest BCUT2D eigenvalue weighted by molar-refractivity contribution is 0.0844. The number of carbonyl (C=O) groups excluding carboxylic acids is 2. The molecule has 23 heavy (non-hydrogen) atoms. The van der Waals surface area contributed by atoms with Crippen molar-refractivity contribution in [1.82, 2.24) is 10.9 Å². The molecule has 0 unspecified atom stereocenters. The fourth-order valence-electron chi connectivity index (χ4n) is 1.82. The zero-order valence-electron chi connectivity index (χ0n) is 12.0. The van der Waals surface area contributed by atoms with Gasteiger partial charge >= 0.3 is 0 Å². The van der Waals surface area contributed by atoms with Crippen LogP contribution in [0.5, 0.6) is 23.0 Å². The maximum Gasteiger partial charge on any atom is 0.273 e. The second kappa shape index (κ2) is 6.56. The third-order valence-corrected chi connectivity index (χ3v) is 2.97. The fraction of sp³-hybridized carbons (Fsp3) is 0.0667. The first-order valence-corrected chi connectivity index (χ1v) is 6.42. The summed E-state index contributed by atoms with van der Waals surface area (Å²) in [4.78, 5) is 23.9. The highest BCUT2D eigenvalue weighted by molar-refractivity contribution is 6.00. The van der Waals surface area contributed by atoms with Gasteiger partial charge in [0.1, 0.15) is 5.75 Å². The van der Waals surface area contributed by atoms with Crippen molar-refractivity contribution >= 4 is 11.8 Å². The molecule has 0 aromatic heterocycles. The van der Waals surface area contributed by atoms with Crippen molar-refractivity contribution in [2.24, 2.45) is 0 Å². The van der Waals surface area contributed by atoms with Gasteiger partial charge in [0.25, 0.3) is 11.8 Å². The molecular weight excluding hydrogens is 304 g/mol. The molecule has 8 nitrogen and oxygen atoms in total. The number of phenolic OH excluding ortho intramolecular Hbond substituents is 3. The lowest BCUT2D eigenvalue weighted by Crippen LogP contribution is -2.41. The van der Waals surface area contributed by atoms with Crippen LogP contribution in [-0.2, 0) is 0 Å². The number of benzene rings is 2. The third kappa shape index (κ3) is 3.43. The molecular formula is C15H14N2O6. The van der Waals surface area contributed by atoms with Crippen LogP contribution < -0.4 is 15.6 Å². The first-order chi connectivity index (χ1) is 10.9. The van der Waals surface area contributed by atoms with Crippen LogP contribution in [0.4, 0.5) is 0 Å². The van der Waals surface area contributed by atoms with E-state index in [-0.39, 0.29) is 11.1 Å². The monoisotopic (exact) mass is 318 g/mol. The first kappa shape index (κ1) is 16.0. The van der Waals surface area contributed by atoms with Gasteiger partial charge < -0.3 is 20.1 Å². The van der Waals surface area contributed by atoms with Crippen LogP contribution in [0, 0.1) is 0 Å². The van der Waals surface area contributed by atoms with Crippen molar-refractivity contribution in [3.8, 4) is 23.0 Å². The highest BCUT2D eigenvalue weighted by Crippen LogP contribution is 2.35. The number of para-hydroxylation sites is 1. The third-order valence-electron chi connectivity index (χ3n) is 2.97. The standard InChI is InChI=1S/C15H14N2O6/c1-23-12-5-3-2-4-9(12)15(22)17-16-14(21)8-6-10(18)13(20)11(19)7-8/h2-7,18-20H,1H3,(H,16,21)(H,17,22). The van der Waals surface area contributed by atoms with Gasteiger partial charge in [0.2, 0.25) is 0 Å². The molecule has 2 rings (SSSR count). The van der Waals surface area contributed by atoms with Crippen LogP contribution in [0.1, 0.15) is 20.7 Å². The van der Waals surface area contributed by atoms with E-state index in [9.17, 15) is 24.9 Å². The zero-order chi connectivity index (χ0) is 17.0. The minimum atomic E-state index is -0.793. The number of methoxy groups -OCH3 is 1. The van der Waals surface area contributed by atoms with Crippen molar-refractivity contribution in [1.29, 1.82) is 0 Å². The smallest absolute Gasteiger partial charge is 0.273 e. The molecule has 0 bridgehead atoms. The van der Waals surface area contributed by atoms with Crippen molar-refractivity contribution in [2.45, 2.75) is 0 Å². The van der Waals surface area contributed by atoms with Crippen molar-refractivity contribution in [3.05, 3.63) is 47.5 Å². The van der Waals surface area contributed by atoms with E-state index in [1.807, 2.05) is 0 Å². The second-order valence-corrected chi connectivity index (χ2v) is 4.47. The van der Waals surface area contributed by atoms with Gasteiger partial charge in [-0.05, 0) is 24.3 Å². The Morgan fingerprint density at radius 3 is 2.13 bits per heavy atom. The molecule has 0 aliphatic carbocycles. The van der Waals surface area contributed by atoms with Gasteiger partial charge in [0, 0.05) is 5.56 Å². The molecule has 2 aromatic carbocycles. The summed E-state index contributed by atoms with van der Waals surface area (Å²) in [6.45, 7) is 0. The molecule has 120 valence electrons. The predicted molar refractivity (Wildman–Crippen MR) is 79.4 cm³/mol. The Bertz CT molecular complexity index is 736. The van der Waals surface area contributed by atoms with Gasteiger partial charge in [-0.25, -0.2) is 0 Å². The summed E-state index contributed by atoms with van der Waals surface area (Å²) in [5.41, 5.74) is 4.37. The summed E-state index contributed by atoms with van der Waals surface area (Å²) in [6, 6.07) is 8.32. The zero-order valence-corrected chi connectivity index (χ0v) is 12.0. The van der Waals surface area contributed by atoms with Crippen molar-refractivity contribution in [2.75, 3.05) is 7.11 Å². The number of hydrogen-bond donors (Lipinski definition) is 5. The molecule has 0 atom stereocenters. The topological polar surface area (TPSA) is 128 Å². The predicted octanol–water partition coefficient (Wildman–Crippen LogP) is 0.887. The summed E-state index contributed by atoms with van der Waals surface area (Å²) in [7, 11) is 1.41. The van der Waals surface area contributed by atoms with Crippen LogP contribution in [0.3, 0.4) is 0 Å². The maximum absolute atomic E-state index is 12.0. The van der Waals surface area contributed by atoms with E-state index in [0.717, 1.165) is 12.1 Å². The number of hydrogen-bond acceptors (Lipinski definition) is 6. The Balaban J connectivity index is 2.09. The molecule has 0 spiro atoms. The lowest BCUT2D eigenvalue weighted by Gasteiger charge is -2.10. The largest absolute Gasteiger partial charge is 0.504 e.